The molecule has 142 valence electrons. The number of aliphatic imine (C=N–C) groups is 1. The molecule has 0 atom stereocenters. The van der Waals surface area contributed by atoms with Crippen molar-refractivity contribution in [1.82, 2.24) is 4.98 Å². The molecule has 0 radical (unpaired) electrons. The molecule has 3 aromatic rings. The molecule has 0 aliphatic rings. The normalized spacial score (nSPS) is 11.1. The minimum Gasteiger partial charge on any atom is -0.491 e. The minimum atomic E-state index is 0. The Balaban J connectivity index is 0.00000261. The van der Waals surface area contributed by atoms with Crippen molar-refractivity contribution in [3.63, 3.8) is 0 Å². The van der Waals surface area contributed by atoms with Gasteiger partial charge in [-0.2, -0.15) is 0 Å². The molecule has 0 unspecified atom stereocenters. The maximum absolute atomic E-state index is 5.97. The largest absolute Gasteiger partial charge is 0.491 e. The topological polar surface area (TPSA) is 72.5 Å². The first-order valence-electron chi connectivity index (χ1n) is 8.43. The number of benzene rings is 2. The van der Waals surface area contributed by atoms with Crippen LogP contribution in [0.4, 0.5) is 5.69 Å². The van der Waals surface area contributed by atoms with E-state index in [0.29, 0.717) is 12.5 Å². The van der Waals surface area contributed by atoms with Gasteiger partial charge in [-0.05, 0) is 38.1 Å². The second kappa shape index (κ2) is 10.3. The van der Waals surface area contributed by atoms with Crippen molar-refractivity contribution in [3.8, 4) is 17.0 Å². The van der Waals surface area contributed by atoms with Crippen molar-refractivity contribution < 1.29 is 4.74 Å². The number of nitrogens with one attached hydrogen (secondary N) is 1. The number of ether oxygens (including phenoxy) is 1. The summed E-state index contributed by atoms with van der Waals surface area (Å²) in [4.78, 5) is 8.98. The molecule has 0 aliphatic carbocycles. The molecule has 3 N–H and O–H groups in total. The molecule has 0 bridgehead atoms. The van der Waals surface area contributed by atoms with E-state index in [4.69, 9.17) is 10.5 Å². The van der Waals surface area contributed by atoms with Crippen LogP contribution in [0.3, 0.4) is 0 Å². The predicted molar refractivity (Wildman–Crippen MR) is 124 cm³/mol. The fourth-order valence-electron chi connectivity index (χ4n) is 2.35. The van der Waals surface area contributed by atoms with Crippen LogP contribution in [-0.4, -0.2) is 17.0 Å². The smallest absolute Gasteiger partial charge is 0.193 e. The van der Waals surface area contributed by atoms with Gasteiger partial charge in [0, 0.05) is 16.6 Å². The first-order valence-corrected chi connectivity index (χ1v) is 9.31. The minimum absolute atomic E-state index is 0. The van der Waals surface area contributed by atoms with E-state index in [1.165, 1.54) is 0 Å². The lowest BCUT2D eigenvalue weighted by atomic mass is 10.2. The summed E-state index contributed by atoms with van der Waals surface area (Å²) in [7, 11) is 0. The maximum Gasteiger partial charge on any atom is 0.193 e. The summed E-state index contributed by atoms with van der Waals surface area (Å²) in [5.74, 6) is 1.19. The molecule has 2 aromatic carbocycles. The number of hydrogen-bond donors (Lipinski definition) is 2. The Morgan fingerprint density at radius 2 is 1.85 bits per heavy atom. The van der Waals surface area contributed by atoms with Gasteiger partial charge >= 0.3 is 0 Å². The van der Waals surface area contributed by atoms with E-state index in [1.54, 1.807) is 11.3 Å². The highest BCUT2D eigenvalue weighted by atomic mass is 127. The van der Waals surface area contributed by atoms with Crippen molar-refractivity contribution in [2.45, 2.75) is 26.5 Å². The fraction of sp³-hybridized carbons (Fsp3) is 0.200. The average molecular weight is 494 g/mol. The van der Waals surface area contributed by atoms with Crippen LogP contribution in [-0.2, 0) is 6.54 Å². The third-order valence-corrected chi connectivity index (χ3v) is 4.34. The van der Waals surface area contributed by atoms with E-state index in [-0.39, 0.29) is 30.1 Å². The van der Waals surface area contributed by atoms with Crippen LogP contribution in [0.1, 0.15) is 18.9 Å². The first kappa shape index (κ1) is 21.2. The molecule has 3 rings (SSSR count). The molecular weight excluding hydrogens is 471 g/mol. The Bertz CT molecular complexity index is 863. The van der Waals surface area contributed by atoms with Crippen LogP contribution in [0, 0.1) is 0 Å². The lowest BCUT2D eigenvalue weighted by Gasteiger charge is -2.10. The number of anilines is 1. The Morgan fingerprint density at radius 3 is 2.52 bits per heavy atom. The molecule has 0 saturated carbocycles. The van der Waals surface area contributed by atoms with Crippen molar-refractivity contribution in [1.29, 1.82) is 0 Å². The zero-order valence-corrected chi connectivity index (χ0v) is 18.4. The van der Waals surface area contributed by atoms with Gasteiger partial charge in [-0.1, -0.05) is 30.3 Å². The number of nitrogens with two attached hydrogens (primary N) is 1. The summed E-state index contributed by atoms with van der Waals surface area (Å²) in [6.45, 7) is 4.45. The predicted octanol–water partition coefficient (Wildman–Crippen LogP) is 5.14. The van der Waals surface area contributed by atoms with E-state index < -0.39 is 0 Å². The van der Waals surface area contributed by atoms with E-state index in [0.717, 1.165) is 27.7 Å². The Labute approximate surface area is 180 Å². The molecule has 0 spiro atoms. The van der Waals surface area contributed by atoms with Gasteiger partial charge in [0.2, 0.25) is 0 Å². The first-order chi connectivity index (χ1) is 12.6. The zero-order valence-electron chi connectivity index (χ0n) is 15.3. The second-order valence-electron chi connectivity index (χ2n) is 6.01. The molecule has 0 fully saturated rings. The molecule has 0 saturated heterocycles. The summed E-state index contributed by atoms with van der Waals surface area (Å²) in [6.07, 6.45) is 0.152. The number of guanidine groups is 1. The molecular formula is C20H23IN4OS. The maximum atomic E-state index is 5.97. The number of nitrogens with zero attached hydrogens (tertiary/aromatic N) is 2. The Morgan fingerprint density at radius 1 is 1.15 bits per heavy atom. The van der Waals surface area contributed by atoms with Crippen LogP contribution >= 0.6 is 35.3 Å². The van der Waals surface area contributed by atoms with E-state index in [9.17, 15) is 0 Å². The lowest BCUT2D eigenvalue weighted by Crippen LogP contribution is -2.22. The summed E-state index contributed by atoms with van der Waals surface area (Å²) < 4.78 is 5.62. The Hall–Kier alpha value is -2.13. The van der Waals surface area contributed by atoms with Gasteiger partial charge in [-0.15, -0.1) is 35.3 Å². The highest BCUT2D eigenvalue weighted by Crippen LogP contribution is 2.22. The molecule has 1 heterocycles. The molecule has 0 aliphatic heterocycles. The molecule has 7 heteroatoms. The van der Waals surface area contributed by atoms with Gasteiger partial charge in [-0.3, -0.25) is 0 Å². The quantitative estimate of drug-likeness (QED) is 0.283. The Kier molecular flexibility index (Phi) is 8.05. The monoisotopic (exact) mass is 494 g/mol. The van der Waals surface area contributed by atoms with Gasteiger partial charge < -0.3 is 15.8 Å². The van der Waals surface area contributed by atoms with E-state index in [1.807, 2.05) is 73.8 Å². The van der Waals surface area contributed by atoms with Crippen LogP contribution in [0.25, 0.3) is 11.3 Å². The van der Waals surface area contributed by atoms with Gasteiger partial charge in [0.25, 0.3) is 0 Å². The van der Waals surface area contributed by atoms with Gasteiger partial charge in [0.15, 0.2) is 5.96 Å². The van der Waals surface area contributed by atoms with Crippen LogP contribution < -0.4 is 15.8 Å². The number of aromatic nitrogens is 1. The summed E-state index contributed by atoms with van der Waals surface area (Å²) in [5, 5.41) is 6.04. The second-order valence-corrected chi connectivity index (χ2v) is 6.95. The van der Waals surface area contributed by atoms with E-state index >= 15 is 0 Å². The van der Waals surface area contributed by atoms with Crippen LogP contribution in [0.2, 0.25) is 0 Å². The lowest BCUT2D eigenvalue weighted by molar-refractivity contribution is 0.242. The molecule has 27 heavy (non-hydrogen) atoms. The average Bonchev–Trinajstić information content (AvgIpc) is 3.11. The molecule has 1 aromatic heterocycles. The third-order valence-electron chi connectivity index (χ3n) is 3.50. The van der Waals surface area contributed by atoms with Crippen molar-refractivity contribution in [2.75, 3.05) is 5.32 Å². The number of hydrogen-bond acceptors (Lipinski definition) is 4. The zero-order chi connectivity index (χ0) is 18.4. The van der Waals surface area contributed by atoms with Gasteiger partial charge in [0.05, 0.1) is 18.3 Å². The van der Waals surface area contributed by atoms with Crippen molar-refractivity contribution >= 4 is 47.0 Å². The summed E-state index contributed by atoms with van der Waals surface area (Å²) >= 11 is 1.58. The van der Waals surface area contributed by atoms with Gasteiger partial charge in [0.1, 0.15) is 10.8 Å². The third kappa shape index (κ3) is 6.51. The van der Waals surface area contributed by atoms with Crippen LogP contribution in [0.5, 0.6) is 5.75 Å². The molecule has 5 nitrogen and oxygen atoms in total. The number of rotatable bonds is 6. The van der Waals surface area contributed by atoms with Crippen molar-refractivity contribution in [2.24, 2.45) is 10.7 Å². The highest BCUT2D eigenvalue weighted by molar-refractivity contribution is 14.0. The standard InChI is InChI=1S/C20H22N4OS.HI/c1-14(2)25-17-10-8-16(9-11-17)23-20(21)22-12-19-24-18(13-26-19)15-6-4-3-5-7-15;/h3-11,13-14H,12H2,1-2H3,(H3,21,22,23);1H. The SMILES string of the molecule is CC(C)Oc1ccc(NC(N)=NCc2nc(-c3ccccc3)cs2)cc1.I. The highest BCUT2D eigenvalue weighted by Gasteiger charge is 2.04. The number of halogens is 1. The van der Waals surface area contributed by atoms with Crippen LogP contribution in [0.15, 0.2) is 65.0 Å². The van der Waals surface area contributed by atoms with E-state index in [2.05, 4.69) is 15.3 Å². The summed E-state index contributed by atoms with van der Waals surface area (Å²) in [5.41, 5.74) is 8.91. The van der Waals surface area contributed by atoms with Crippen molar-refractivity contribution in [3.05, 3.63) is 65.0 Å². The van der Waals surface area contributed by atoms with Gasteiger partial charge in [-0.25, -0.2) is 9.98 Å². The number of thiazole rings is 1. The molecule has 0 amide bonds. The fourth-order valence-corrected chi connectivity index (χ4v) is 3.08. The summed E-state index contributed by atoms with van der Waals surface area (Å²) in [6, 6.07) is 17.7.